The lowest BCUT2D eigenvalue weighted by Crippen LogP contribution is -2.41. The highest BCUT2D eigenvalue weighted by molar-refractivity contribution is 8.15. The maximum Gasteiger partial charge on any atom is 0.238 e. The van der Waals surface area contributed by atoms with Crippen LogP contribution in [-0.2, 0) is 9.59 Å². The Balaban J connectivity index is 1.64. The van der Waals surface area contributed by atoms with Gasteiger partial charge in [-0.05, 0) is 36.8 Å². The number of carbonyl (C=O) groups excluding carboxylic acids is 2. The van der Waals surface area contributed by atoms with Crippen molar-refractivity contribution in [3.05, 3.63) is 64.7 Å². The second-order valence-corrected chi connectivity index (χ2v) is 7.54. The van der Waals surface area contributed by atoms with Crippen LogP contribution in [0.15, 0.2) is 58.7 Å². The van der Waals surface area contributed by atoms with E-state index in [9.17, 15) is 9.59 Å². The SMILES string of the molecule is Cc1ccc(C=N/N=C2\NC(=O)C[C@H](C(=O)Nc3ccc(Cl)cc3)S2)cc1. The molecular weight excluding hydrogens is 384 g/mol. The van der Waals surface area contributed by atoms with Crippen LogP contribution in [0.5, 0.6) is 0 Å². The number of rotatable bonds is 4. The van der Waals surface area contributed by atoms with E-state index in [1.54, 1.807) is 30.5 Å². The average Bonchev–Trinajstić information content (AvgIpc) is 2.65. The maximum atomic E-state index is 12.4. The van der Waals surface area contributed by atoms with E-state index in [1.165, 1.54) is 11.8 Å². The molecule has 3 rings (SSSR count). The van der Waals surface area contributed by atoms with Crippen molar-refractivity contribution < 1.29 is 9.59 Å². The molecule has 0 aromatic heterocycles. The fourth-order valence-corrected chi connectivity index (χ4v) is 3.36. The highest BCUT2D eigenvalue weighted by atomic mass is 35.5. The van der Waals surface area contributed by atoms with Gasteiger partial charge in [0.15, 0.2) is 5.17 Å². The lowest BCUT2D eigenvalue weighted by molar-refractivity contribution is -0.123. The normalized spacial score (nSPS) is 18.5. The standard InChI is InChI=1S/C19H17ClN4O2S/c1-12-2-4-13(5-3-12)11-21-24-19-23-17(25)10-16(27-19)18(26)22-15-8-6-14(20)7-9-15/h2-9,11,16H,10H2,1H3,(H,22,26)(H,23,24,25)/t16-/m1/s1. The predicted molar refractivity (Wildman–Crippen MR) is 110 cm³/mol. The first kappa shape index (κ1) is 19.1. The van der Waals surface area contributed by atoms with Crippen molar-refractivity contribution in [2.75, 3.05) is 5.32 Å². The Bertz CT molecular complexity index is 895. The van der Waals surface area contributed by atoms with Crippen molar-refractivity contribution >= 4 is 52.2 Å². The highest BCUT2D eigenvalue weighted by Crippen LogP contribution is 2.23. The molecular formula is C19H17ClN4O2S. The molecule has 0 spiro atoms. The quantitative estimate of drug-likeness (QED) is 0.607. The molecule has 1 aliphatic rings. The molecule has 0 bridgehead atoms. The van der Waals surface area contributed by atoms with Crippen molar-refractivity contribution in [3.8, 4) is 0 Å². The van der Waals surface area contributed by atoms with Crippen LogP contribution in [0, 0.1) is 6.92 Å². The molecule has 1 fully saturated rings. The maximum absolute atomic E-state index is 12.4. The van der Waals surface area contributed by atoms with Gasteiger partial charge in [0.2, 0.25) is 11.8 Å². The zero-order chi connectivity index (χ0) is 19.2. The Morgan fingerprint density at radius 1 is 1.22 bits per heavy atom. The van der Waals surface area contributed by atoms with Crippen molar-refractivity contribution in [3.63, 3.8) is 0 Å². The monoisotopic (exact) mass is 400 g/mol. The third-order valence-corrected chi connectivity index (χ3v) is 5.03. The zero-order valence-corrected chi connectivity index (χ0v) is 16.1. The second kappa shape index (κ2) is 8.83. The summed E-state index contributed by atoms with van der Waals surface area (Å²) in [5.74, 6) is -0.540. The average molecular weight is 401 g/mol. The van der Waals surface area contributed by atoms with E-state index in [0.29, 0.717) is 15.9 Å². The molecule has 6 nitrogen and oxygen atoms in total. The van der Waals surface area contributed by atoms with Gasteiger partial charge in [-0.1, -0.05) is 53.2 Å². The van der Waals surface area contributed by atoms with Crippen molar-refractivity contribution in [2.24, 2.45) is 10.2 Å². The van der Waals surface area contributed by atoms with Crippen LogP contribution in [0.4, 0.5) is 5.69 Å². The van der Waals surface area contributed by atoms with Gasteiger partial charge in [-0.2, -0.15) is 5.10 Å². The molecule has 138 valence electrons. The largest absolute Gasteiger partial charge is 0.325 e. The summed E-state index contributed by atoms with van der Waals surface area (Å²) in [5, 5.41) is 13.7. The van der Waals surface area contributed by atoms with E-state index >= 15 is 0 Å². The molecule has 2 amide bonds. The first-order valence-corrected chi connectivity index (χ1v) is 9.46. The smallest absolute Gasteiger partial charge is 0.238 e. The minimum Gasteiger partial charge on any atom is -0.325 e. The number of nitrogens with zero attached hydrogens (tertiary/aromatic N) is 2. The number of anilines is 1. The number of hydrogen-bond acceptors (Lipinski definition) is 5. The number of amides is 2. The summed E-state index contributed by atoms with van der Waals surface area (Å²) in [4.78, 5) is 24.3. The minimum absolute atomic E-state index is 0.0742. The molecule has 1 heterocycles. The van der Waals surface area contributed by atoms with Gasteiger partial charge in [-0.3, -0.25) is 9.59 Å². The van der Waals surface area contributed by atoms with Gasteiger partial charge in [-0.25, -0.2) is 0 Å². The summed E-state index contributed by atoms with van der Waals surface area (Å²) in [6.45, 7) is 2.00. The molecule has 1 saturated heterocycles. The molecule has 2 aromatic carbocycles. The Hall–Kier alpha value is -2.64. The Kier molecular flexibility index (Phi) is 6.26. The topological polar surface area (TPSA) is 82.9 Å². The van der Waals surface area contributed by atoms with E-state index in [2.05, 4.69) is 20.8 Å². The van der Waals surface area contributed by atoms with Gasteiger partial charge in [-0.15, -0.1) is 5.10 Å². The van der Waals surface area contributed by atoms with Crippen molar-refractivity contribution in [1.82, 2.24) is 5.32 Å². The van der Waals surface area contributed by atoms with Crippen LogP contribution in [-0.4, -0.2) is 28.4 Å². The molecule has 0 saturated carbocycles. The molecule has 2 aromatic rings. The number of nitrogens with one attached hydrogen (secondary N) is 2. The summed E-state index contributed by atoms with van der Waals surface area (Å²) < 4.78 is 0. The third-order valence-electron chi connectivity index (χ3n) is 3.71. The molecule has 8 heteroatoms. The van der Waals surface area contributed by atoms with Crippen LogP contribution in [0.25, 0.3) is 0 Å². The Morgan fingerprint density at radius 2 is 1.93 bits per heavy atom. The number of thioether (sulfide) groups is 1. The number of benzene rings is 2. The lowest BCUT2D eigenvalue weighted by atomic mass is 10.2. The van der Waals surface area contributed by atoms with Crippen LogP contribution in [0.3, 0.4) is 0 Å². The van der Waals surface area contributed by atoms with Gasteiger partial charge in [0.25, 0.3) is 0 Å². The zero-order valence-electron chi connectivity index (χ0n) is 14.5. The number of carbonyl (C=O) groups is 2. The fourth-order valence-electron chi connectivity index (χ4n) is 2.30. The van der Waals surface area contributed by atoms with Crippen molar-refractivity contribution in [1.29, 1.82) is 0 Å². The van der Waals surface area contributed by atoms with Gasteiger partial charge in [0.05, 0.1) is 6.21 Å². The van der Waals surface area contributed by atoms with Crippen LogP contribution >= 0.6 is 23.4 Å². The molecule has 27 heavy (non-hydrogen) atoms. The number of hydrogen-bond donors (Lipinski definition) is 2. The summed E-state index contributed by atoms with van der Waals surface area (Å²) >= 11 is 7.01. The highest BCUT2D eigenvalue weighted by Gasteiger charge is 2.30. The third kappa shape index (κ3) is 5.67. The summed E-state index contributed by atoms with van der Waals surface area (Å²) in [5.41, 5.74) is 2.67. The predicted octanol–water partition coefficient (Wildman–Crippen LogP) is 3.60. The Morgan fingerprint density at radius 3 is 2.63 bits per heavy atom. The van der Waals surface area contributed by atoms with Crippen LogP contribution < -0.4 is 10.6 Å². The van der Waals surface area contributed by atoms with Gasteiger partial charge in [0.1, 0.15) is 5.25 Å². The Labute approximate surface area is 166 Å². The summed E-state index contributed by atoms with van der Waals surface area (Å²) in [7, 11) is 0. The molecule has 1 aliphatic heterocycles. The van der Waals surface area contributed by atoms with E-state index < -0.39 is 5.25 Å². The van der Waals surface area contributed by atoms with E-state index in [0.717, 1.165) is 11.1 Å². The summed E-state index contributed by atoms with van der Waals surface area (Å²) in [6, 6.07) is 14.6. The second-order valence-electron chi connectivity index (χ2n) is 5.92. The van der Waals surface area contributed by atoms with E-state index in [1.807, 2.05) is 31.2 Å². The molecule has 2 N–H and O–H groups in total. The first-order chi connectivity index (χ1) is 13.0. The van der Waals surface area contributed by atoms with Crippen LogP contribution in [0.1, 0.15) is 17.5 Å². The first-order valence-electron chi connectivity index (χ1n) is 8.20. The van der Waals surface area contributed by atoms with Gasteiger partial charge < -0.3 is 10.6 Å². The molecule has 0 unspecified atom stereocenters. The lowest BCUT2D eigenvalue weighted by Gasteiger charge is -2.21. The van der Waals surface area contributed by atoms with Crippen LogP contribution in [0.2, 0.25) is 5.02 Å². The number of aryl methyl sites for hydroxylation is 1. The van der Waals surface area contributed by atoms with Crippen molar-refractivity contribution in [2.45, 2.75) is 18.6 Å². The number of amidine groups is 1. The fraction of sp³-hybridized carbons (Fsp3) is 0.158. The van der Waals surface area contributed by atoms with Gasteiger partial charge >= 0.3 is 0 Å². The van der Waals surface area contributed by atoms with Gasteiger partial charge in [0, 0.05) is 17.1 Å². The van der Waals surface area contributed by atoms with E-state index in [-0.39, 0.29) is 18.2 Å². The molecule has 1 atom stereocenters. The summed E-state index contributed by atoms with van der Waals surface area (Å²) in [6.07, 6.45) is 1.67. The van der Waals surface area contributed by atoms with E-state index in [4.69, 9.17) is 11.6 Å². The minimum atomic E-state index is -0.581. The number of halogens is 1. The molecule has 0 radical (unpaired) electrons. The molecule has 0 aliphatic carbocycles.